The van der Waals surface area contributed by atoms with E-state index in [0.29, 0.717) is 6.04 Å². The molecule has 17 heavy (non-hydrogen) atoms. The topological polar surface area (TPSA) is 23.5 Å². The first kappa shape index (κ1) is 12.2. The van der Waals surface area contributed by atoms with Gasteiger partial charge in [-0.15, -0.1) is 11.3 Å². The standard InChI is InChI=1S/C13H18BrNOS/c1-9-6-13(16,8-15(9)10-2-3-10)7-11-4-5-12(14)17-11/h4-5,9-10,16H,2-3,6-8H2,1H3. The number of hydrogen-bond acceptors (Lipinski definition) is 3. The number of aliphatic hydroxyl groups is 1. The van der Waals surface area contributed by atoms with Gasteiger partial charge in [-0.05, 0) is 54.2 Å². The SMILES string of the molecule is CC1CC(O)(Cc2ccc(Br)s2)CN1C1CC1. The van der Waals surface area contributed by atoms with Gasteiger partial charge in [0, 0.05) is 29.9 Å². The van der Waals surface area contributed by atoms with Crippen LogP contribution in [0.5, 0.6) is 0 Å². The minimum Gasteiger partial charge on any atom is -0.388 e. The predicted octanol–water partition coefficient (Wildman–Crippen LogP) is 3.04. The first-order valence-electron chi connectivity index (χ1n) is 6.28. The van der Waals surface area contributed by atoms with Crippen LogP contribution in [0.3, 0.4) is 0 Å². The summed E-state index contributed by atoms with van der Waals surface area (Å²) in [6.45, 7) is 3.11. The molecule has 4 heteroatoms. The van der Waals surface area contributed by atoms with E-state index in [9.17, 15) is 5.11 Å². The van der Waals surface area contributed by atoms with Gasteiger partial charge >= 0.3 is 0 Å². The fraction of sp³-hybridized carbons (Fsp3) is 0.692. The summed E-state index contributed by atoms with van der Waals surface area (Å²) in [6.07, 6.45) is 4.37. The highest BCUT2D eigenvalue weighted by atomic mass is 79.9. The molecule has 0 spiro atoms. The van der Waals surface area contributed by atoms with Gasteiger partial charge in [0.15, 0.2) is 0 Å². The third-order valence-corrected chi connectivity index (χ3v) is 5.49. The Balaban J connectivity index is 1.69. The summed E-state index contributed by atoms with van der Waals surface area (Å²) >= 11 is 5.22. The van der Waals surface area contributed by atoms with Crippen LogP contribution in [-0.4, -0.2) is 34.2 Å². The molecular weight excluding hydrogens is 298 g/mol. The first-order valence-corrected chi connectivity index (χ1v) is 7.89. The number of hydrogen-bond donors (Lipinski definition) is 1. The van der Waals surface area contributed by atoms with Crippen molar-refractivity contribution in [3.05, 3.63) is 20.8 Å². The largest absolute Gasteiger partial charge is 0.388 e. The van der Waals surface area contributed by atoms with Crippen molar-refractivity contribution < 1.29 is 5.11 Å². The first-order chi connectivity index (χ1) is 8.06. The molecule has 94 valence electrons. The molecule has 0 radical (unpaired) electrons. The zero-order valence-electron chi connectivity index (χ0n) is 10.0. The molecule has 2 aliphatic rings. The summed E-state index contributed by atoms with van der Waals surface area (Å²) in [5.41, 5.74) is -0.508. The summed E-state index contributed by atoms with van der Waals surface area (Å²) in [5, 5.41) is 10.7. The molecule has 2 nitrogen and oxygen atoms in total. The third-order valence-electron chi connectivity index (χ3n) is 3.87. The minimum absolute atomic E-state index is 0.508. The molecule has 3 rings (SSSR count). The van der Waals surface area contributed by atoms with Crippen molar-refractivity contribution in [2.75, 3.05) is 6.54 Å². The van der Waals surface area contributed by atoms with Gasteiger partial charge in [-0.2, -0.15) is 0 Å². The van der Waals surface area contributed by atoms with E-state index in [2.05, 4.69) is 39.9 Å². The monoisotopic (exact) mass is 315 g/mol. The second-order valence-electron chi connectivity index (χ2n) is 5.56. The zero-order valence-corrected chi connectivity index (χ0v) is 12.4. The smallest absolute Gasteiger partial charge is 0.0837 e. The Kier molecular flexibility index (Phi) is 3.10. The van der Waals surface area contributed by atoms with E-state index in [1.807, 2.05) is 0 Å². The third kappa shape index (κ3) is 2.60. The average molecular weight is 316 g/mol. The van der Waals surface area contributed by atoms with Crippen molar-refractivity contribution in [2.45, 2.75) is 50.3 Å². The second kappa shape index (κ2) is 4.34. The van der Waals surface area contributed by atoms with Gasteiger partial charge < -0.3 is 5.11 Å². The van der Waals surface area contributed by atoms with Crippen LogP contribution in [0.15, 0.2) is 15.9 Å². The number of thiophene rings is 1. The highest BCUT2D eigenvalue weighted by Crippen LogP contribution is 2.39. The molecule has 1 aromatic rings. The van der Waals surface area contributed by atoms with Gasteiger partial charge in [-0.3, -0.25) is 4.90 Å². The van der Waals surface area contributed by atoms with Gasteiger partial charge in [0.25, 0.3) is 0 Å². The van der Waals surface area contributed by atoms with E-state index >= 15 is 0 Å². The van der Waals surface area contributed by atoms with Gasteiger partial charge in [0.2, 0.25) is 0 Å². The van der Waals surface area contributed by atoms with Crippen LogP contribution in [0.1, 0.15) is 31.1 Å². The molecule has 1 N–H and O–H groups in total. The molecule has 2 fully saturated rings. The fourth-order valence-corrected chi connectivity index (χ4v) is 4.64. The molecule has 0 aromatic carbocycles. The van der Waals surface area contributed by atoms with E-state index in [1.165, 1.54) is 17.7 Å². The lowest BCUT2D eigenvalue weighted by molar-refractivity contribution is 0.0495. The van der Waals surface area contributed by atoms with Crippen molar-refractivity contribution in [3.8, 4) is 0 Å². The Morgan fingerprint density at radius 2 is 2.29 bits per heavy atom. The maximum absolute atomic E-state index is 10.7. The van der Waals surface area contributed by atoms with Crippen LogP contribution in [0.4, 0.5) is 0 Å². The molecule has 2 atom stereocenters. The average Bonchev–Trinajstić information content (AvgIpc) is 2.94. The van der Waals surface area contributed by atoms with Crippen LogP contribution in [0, 0.1) is 0 Å². The second-order valence-corrected chi connectivity index (χ2v) is 8.11. The normalized spacial score (nSPS) is 34.4. The fourth-order valence-electron chi connectivity index (χ4n) is 3.02. The lowest BCUT2D eigenvalue weighted by Gasteiger charge is -2.23. The molecule has 1 aromatic heterocycles. The lowest BCUT2D eigenvalue weighted by Crippen LogP contribution is -2.36. The summed E-state index contributed by atoms with van der Waals surface area (Å²) in [7, 11) is 0. The number of likely N-dealkylation sites (tertiary alicyclic amines) is 1. The van der Waals surface area contributed by atoms with E-state index in [0.717, 1.165) is 29.2 Å². The Morgan fingerprint density at radius 3 is 2.88 bits per heavy atom. The molecule has 1 saturated carbocycles. The molecular formula is C13H18BrNOS. The maximum atomic E-state index is 10.7. The quantitative estimate of drug-likeness (QED) is 0.926. The van der Waals surface area contributed by atoms with Crippen LogP contribution in [0.2, 0.25) is 0 Å². The molecule has 1 aliphatic heterocycles. The van der Waals surface area contributed by atoms with E-state index < -0.39 is 5.60 Å². The number of rotatable bonds is 3. The van der Waals surface area contributed by atoms with Crippen LogP contribution >= 0.6 is 27.3 Å². The summed E-state index contributed by atoms with van der Waals surface area (Å²) in [6, 6.07) is 5.49. The Hall–Kier alpha value is 0.1000. The molecule has 1 saturated heterocycles. The van der Waals surface area contributed by atoms with Crippen LogP contribution in [0.25, 0.3) is 0 Å². The van der Waals surface area contributed by atoms with E-state index in [1.54, 1.807) is 11.3 Å². The van der Waals surface area contributed by atoms with Crippen molar-refractivity contribution in [1.29, 1.82) is 0 Å². The van der Waals surface area contributed by atoms with Crippen LogP contribution in [-0.2, 0) is 6.42 Å². The molecule has 2 heterocycles. The van der Waals surface area contributed by atoms with Gasteiger partial charge in [-0.1, -0.05) is 0 Å². The lowest BCUT2D eigenvalue weighted by atomic mass is 9.96. The summed E-state index contributed by atoms with van der Waals surface area (Å²) in [5.74, 6) is 0. The van der Waals surface area contributed by atoms with Crippen molar-refractivity contribution in [3.63, 3.8) is 0 Å². The van der Waals surface area contributed by atoms with Crippen molar-refractivity contribution in [2.24, 2.45) is 0 Å². The minimum atomic E-state index is -0.508. The zero-order chi connectivity index (χ0) is 12.0. The Labute approximate surface area is 115 Å². The molecule has 0 amide bonds. The van der Waals surface area contributed by atoms with Gasteiger partial charge in [-0.25, -0.2) is 0 Å². The van der Waals surface area contributed by atoms with Crippen molar-refractivity contribution in [1.82, 2.24) is 4.90 Å². The summed E-state index contributed by atoms with van der Waals surface area (Å²) in [4.78, 5) is 3.78. The molecule has 0 bridgehead atoms. The van der Waals surface area contributed by atoms with Crippen LogP contribution < -0.4 is 0 Å². The highest BCUT2D eigenvalue weighted by Gasteiger charge is 2.46. The molecule has 2 unspecified atom stereocenters. The maximum Gasteiger partial charge on any atom is 0.0837 e. The highest BCUT2D eigenvalue weighted by molar-refractivity contribution is 9.11. The van der Waals surface area contributed by atoms with Gasteiger partial charge in [0.1, 0.15) is 0 Å². The van der Waals surface area contributed by atoms with E-state index in [-0.39, 0.29) is 0 Å². The van der Waals surface area contributed by atoms with Gasteiger partial charge in [0.05, 0.1) is 9.39 Å². The number of β-amino-alcohol motifs (C(OH)–C–C–N with tert-alkyl or cyclic N) is 1. The predicted molar refractivity (Wildman–Crippen MR) is 74.5 cm³/mol. The number of halogens is 1. The Morgan fingerprint density at radius 1 is 1.53 bits per heavy atom. The Bertz CT molecular complexity index is 417. The number of nitrogens with zero attached hydrogens (tertiary/aromatic N) is 1. The summed E-state index contributed by atoms with van der Waals surface area (Å²) < 4.78 is 1.15. The van der Waals surface area contributed by atoms with E-state index in [4.69, 9.17) is 0 Å². The molecule has 1 aliphatic carbocycles. The van der Waals surface area contributed by atoms with Crippen molar-refractivity contribution >= 4 is 27.3 Å².